The summed E-state index contributed by atoms with van der Waals surface area (Å²) in [5.74, 6) is -0.132. The number of benzene rings is 1. The lowest BCUT2D eigenvalue weighted by Gasteiger charge is -2.16. The van der Waals surface area contributed by atoms with Gasteiger partial charge in [0, 0.05) is 18.7 Å². The molecule has 1 amide bonds. The molecule has 0 aromatic heterocycles. The Labute approximate surface area is 100 Å². The summed E-state index contributed by atoms with van der Waals surface area (Å²) in [4.78, 5) is 13.6. The molecule has 2 unspecified atom stereocenters. The predicted molar refractivity (Wildman–Crippen MR) is 63.8 cm³/mol. The van der Waals surface area contributed by atoms with Crippen LogP contribution in [0.25, 0.3) is 0 Å². The van der Waals surface area contributed by atoms with Gasteiger partial charge in [-0.05, 0) is 26.0 Å². The fourth-order valence-electron chi connectivity index (χ4n) is 2.22. The van der Waals surface area contributed by atoms with Gasteiger partial charge >= 0.3 is 0 Å². The Kier molecular flexibility index (Phi) is 3.17. The zero-order valence-corrected chi connectivity index (χ0v) is 10.1. The largest absolute Gasteiger partial charge is 0.388 e. The molecule has 1 heterocycles. The van der Waals surface area contributed by atoms with Crippen molar-refractivity contribution in [3.63, 3.8) is 0 Å². The average Bonchev–Trinajstić information content (AvgIpc) is 2.57. The van der Waals surface area contributed by atoms with Crippen molar-refractivity contribution in [1.29, 1.82) is 0 Å². The predicted octanol–water partition coefficient (Wildman–Crippen LogP) is 0.481. The Morgan fingerprint density at radius 3 is 2.06 bits per heavy atom. The van der Waals surface area contributed by atoms with Crippen molar-refractivity contribution < 1.29 is 15.0 Å². The summed E-state index contributed by atoms with van der Waals surface area (Å²) in [5, 5.41) is 18.9. The summed E-state index contributed by atoms with van der Waals surface area (Å²) in [7, 11) is 0. The first-order chi connectivity index (χ1) is 7.97. The molecular formula is C13H17NO3. The van der Waals surface area contributed by atoms with Crippen LogP contribution in [-0.4, -0.2) is 46.3 Å². The molecule has 1 aliphatic heterocycles. The summed E-state index contributed by atoms with van der Waals surface area (Å²) in [6, 6.07) is 5.66. The zero-order chi connectivity index (χ0) is 12.6. The first-order valence-electron chi connectivity index (χ1n) is 5.71. The van der Waals surface area contributed by atoms with Crippen LogP contribution in [0.15, 0.2) is 18.2 Å². The number of aliphatic hydroxyl groups is 2. The van der Waals surface area contributed by atoms with Gasteiger partial charge < -0.3 is 15.1 Å². The van der Waals surface area contributed by atoms with Gasteiger partial charge in [0.2, 0.25) is 0 Å². The van der Waals surface area contributed by atoms with E-state index in [1.54, 1.807) is 0 Å². The fraction of sp³-hybridized carbons (Fsp3) is 0.462. The number of carbonyl (C=O) groups is 1. The highest BCUT2D eigenvalue weighted by molar-refractivity contribution is 5.94. The second-order valence-electron chi connectivity index (χ2n) is 4.72. The van der Waals surface area contributed by atoms with Crippen LogP contribution in [0, 0.1) is 13.8 Å². The van der Waals surface area contributed by atoms with Gasteiger partial charge in [-0.3, -0.25) is 4.79 Å². The van der Waals surface area contributed by atoms with Crippen molar-refractivity contribution in [3.05, 3.63) is 34.9 Å². The number of hydrogen-bond acceptors (Lipinski definition) is 3. The molecule has 1 aliphatic rings. The summed E-state index contributed by atoms with van der Waals surface area (Å²) in [6.45, 7) is 4.29. The molecular weight excluding hydrogens is 218 g/mol. The number of β-amino-alcohol motifs (C(OH)–C–C–N with tert-alkyl or cyclic N) is 2. The van der Waals surface area contributed by atoms with Crippen molar-refractivity contribution in [3.8, 4) is 0 Å². The van der Waals surface area contributed by atoms with E-state index in [1.807, 2.05) is 32.0 Å². The molecule has 0 bridgehead atoms. The smallest absolute Gasteiger partial charge is 0.254 e. The van der Waals surface area contributed by atoms with Crippen LogP contribution in [0.1, 0.15) is 21.5 Å². The third-order valence-electron chi connectivity index (χ3n) is 3.01. The van der Waals surface area contributed by atoms with Gasteiger partial charge in [0.05, 0.1) is 12.2 Å². The van der Waals surface area contributed by atoms with E-state index in [4.69, 9.17) is 0 Å². The van der Waals surface area contributed by atoms with Crippen LogP contribution in [0.5, 0.6) is 0 Å². The quantitative estimate of drug-likeness (QED) is 0.744. The van der Waals surface area contributed by atoms with Crippen LogP contribution < -0.4 is 0 Å². The van der Waals surface area contributed by atoms with Gasteiger partial charge in [-0.2, -0.15) is 0 Å². The van der Waals surface area contributed by atoms with Crippen LogP contribution in [0.3, 0.4) is 0 Å². The molecule has 0 aliphatic carbocycles. The number of nitrogens with zero attached hydrogens (tertiary/aromatic N) is 1. The second-order valence-corrected chi connectivity index (χ2v) is 4.72. The van der Waals surface area contributed by atoms with Crippen LogP contribution in [0.4, 0.5) is 0 Å². The Hall–Kier alpha value is -1.39. The highest BCUT2D eigenvalue weighted by atomic mass is 16.3. The summed E-state index contributed by atoms with van der Waals surface area (Å²) >= 11 is 0. The van der Waals surface area contributed by atoms with E-state index in [0.717, 1.165) is 11.1 Å². The first-order valence-corrected chi connectivity index (χ1v) is 5.71. The van der Waals surface area contributed by atoms with Gasteiger partial charge in [-0.1, -0.05) is 17.2 Å². The van der Waals surface area contributed by atoms with E-state index in [9.17, 15) is 15.0 Å². The Morgan fingerprint density at radius 2 is 1.59 bits per heavy atom. The average molecular weight is 235 g/mol. The molecule has 92 valence electrons. The third kappa shape index (κ3) is 2.48. The molecule has 1 aromatic rings. The van der Waals surface area contributed by atoms with Crippen molar-refractivity contribution in [2.45, 2.75) is 26.1 Å². The Morgan fingerprint density at radius 1 is 1.12 bits per heavy atom. The number of aliphatic hydroxyl groups excluding tert-OH is 2. The molecule has 1 saturated heterocycles. The molecule has 0 spiro atoms. The summed E-state index contributed by atoms with van der Waals surface area (Å²) in [5.41, 5.74) is 2.69. The SMILES string of the molecule is Cc1cc(C)cc(C(=O)N2CC(O)C(O)C2)c1. The molecule has 17 heavy (non-hydrogen) atoms. The second kappa shape index (κ2) is 4.47. The molecule has 4 nitrogen and oxygen atoms in total. The van der Waals surface area contributed by atoms with Gasteiger partial charge in [-0.15, -0.1) is 0 Å². The van der Waals surface area contributed by atoms with Crippen molar-refractivity contribution in [2.75, 3.05) is 13.1 Å². The van der Waals surface area contributed by atoms with Gasteiger partial charge in [0.15, 0.2) is 0 Å². The standard InChI is InChI=1S/C13H17NO3/c1-8-3-9(2)5-10(4-8)13(17)14-6-11(15)12(16)7-14/h3-5,11-12,15-16H,6-7H2,1-2H3. The van der Waals surface area contributed by atoms with Crippen molar-refractivity contribution in [1.82, 2.24) is 4.90 Å². The molecule has 4 heteroatoms. The number of likely N-dealkylation sites (tertiary alicyclic amines) is 1. The minimum Gasteiger partial charge on any atom is -0.388 e. The van der Waals surface area contributed by atoms with E-state index in [-0.39, 0.29) is 19.0 Å². The minimum absolute atomic E-state index is 0.132. The maximum absolute atomic E-state index is 12.1. The lowest BCUT2D eigenvalue weighted by Crippen LogP contribution is -2.29. The van der Waals surface area contributed by atoms with Crippen molar-refractivity contribution >= 4 is 5.91 Å². The summed E-state index contributed by atoms with van der Waals surface area (Å²) in [6.07, 6.45) is -1.66. The first kappa shape index (κ1) is 12.1. The maximum Gasteiger partial charge on any atom is 0.254 e. The molecule has 1 fully saturated rings. The number of amides is 1. The Bertz CT molecular complexity index is 414. The summed E-state index contributed by atoms with van der Waals surface area (Å²) < 4.78 is 0. The molecule has 0 saturated carbocycles. The highest BCUT2D eigenvalue weighted by Gasteiger charge is 2.32. The molecule has 2 N–H and O–H groups in total. The Balaban J connectivity index is 2.20. The topological polar surface area (TPSA) is 60.8 Å². The van der Waals surface area contributed by atoms with Gasteiger partial charge in [-0.25, -0.2) is 0 Å². The normalized spacial score (nSPS) is 24.1. The fourth-order valence-corrected chi connectivity index (χ4v) is 2.22. The molecule has 0 radical (unpaired) electrons. The molecule has 2 rings (SSSR count). The van der Waals surface area contributed by atoms with Gasteiger partial charge in [0.25, 0.3) is 5.91 Å². The lowest BCUT2D eigenvalue weighted by molar-refractivity contribution is 0.0572. The highest BCUT2D eigenvalue weighted by Crippen LogP contribution is 2.16. The van der Waals surface area contributed by atoms with Crippen LogP contribution >= 0.6 is 0 Å². The number of carbonyl (C=O) groups excluding carboxylic acids is 1. The number of rotatable bonds is 1. The maximum atomic E-state index is 12.1. The van der Waals surface area contributed by atoms with Crippen molar-refractivity contribution in [2.24, 2.45) is 0 Å². The molecule has 1 aromatic carbocycles. The number of aryl methyl sites for hydroxylation is 2. The van der Waals surface area contributed by atoms with E-state index in [0.29, 0.717) is 5.56 Å². The van der Waals surface area contributed by atoms with Gasteiger partial charge in [0.1, 0.15) is 0 Å². The molecule has 2 atom stereocenters. The monoisotopic (exact) mass is 235 g/mol. The van der Waals surface area contributed by atoms with E-state index < -0.39 is 12.2 Å². The lowest BCUT2D eigenvalue weighted by atomic mass is 10.1. The zero-order valence-electron chi connectivity index (χ0n) is 10.1. The minimum atomic E-state index is -0.829. The van der Waals surface area contributed by atoms with Crippen LogP contribution in [0.2, 0.25) is 0 Å². The number of hydrogen-bond donors (Lipinski definition) is 2. The van der Waals surface area contributed by atoms with E-state index in [2.05, 4.69) is 0 Å². The van der Waals surface area contributed by atoms with E-state index in [1.165, 1.54) is 4.90 Å². The van der Waals surface area contributed by atoms with E-state index >= 15 is 0 Å². The van der Waals surface area contributed by atoms with Crippen LogP contribution in [-0.2, 0) is 0 Å². The third-order valence-corrected chi connectivity index (χ3v) is 3.01.